The van der Waals surface area contributed by atoms with Gasteiger partial charge in [-0.05, 0) is 43.5 Å². The maximum absolute atomic E-state index is 12.5. The number of aromatic nitrogens is 1. The van der Waals surface area contributed by atoms with E-state index in [-0.39, 0.29) is 11.9 Å². The summed E-state index contributed by atoms with van der Waals surface area (Å²) in [5.41, 5.74) is 4.06. The number of pyridine rings is 1. The smallest absolute Gasteiger partial charge is 0.255 e. The number of benzene rings is 2. The van der Waals surface area contributed by atoms with Crippen LogP contribution in [0.4, 0.5) is 5.69 Å². The van der Waals surface area contributed by atoms with Gasteiger partial charge in [-0.1, -0.05) is 49.7 Å². The molecule has 0 aliphatic carbocycles. The summed E-state index contributed by atoms with van der Waals surface area (Å²) in [4.78, 5) is 16.8. The van der Waals surface area contributed by atoms with E-state index in [0.29, 0.717) is 35.6 Å². The van der Waals surface area contributed by atoms with Gasteiger partial charge in [0.05, 0.1) is 24.5 Å². The number of hydrogen-bond donors (Lipinski definition) is 4. The number of para-hydroxylation sites is 1. The standard InChI is InChI=1S/C28H34N4O3/c1-4-7-22(16-19(2)33)32-25-14-15-30-18-24(25)27(29)21-12-10-20(11-13-21)17-31-28(34)23-8-5-6-9-26(23)35-3/h5-6,8-15,18-19,22,29,33H,4,7,16-17H2,1-3H3,(H,30,32)(H,31,34). The predicted octanol–water partition coefficient (Wildman–Crippen LogP) is 4.79. The molecule has 7 heteroatoms. The number of carbonyl (C=O) groups is 1. The number of anilines is 1. The lowest BCUT2D eigenvalue weighted by molar-refractivity contribution is 0.0948. The zero-order chi connectivity index (χ0) is 25.2. The van der Waals surface area contributed by atoms with Gasteiger partial charge in [-0.15, -0.1) is 0 Å². The van der Waals surface area contributed by atoms with Crippen molar-refractivity contribution < 1.29 is 14.6 Å². The van der Waals surface area contributed by atoms with E-state index in [1.165, 1.54) is 0 Å². The monoisotopic (exact) mass is 474 g/mol. The molecule has 1 aromatic heterocycles. The summed E-state index contributed by atoms with van der Waals surface area (Å²) in [6.07, 6.45) is 5.56. The molecule has 0 aliphatic heterocycles. The molecule has 0 saturated carbocycles. The highest BCUT2D eigenvalue weighted by atomic mass is 16.5. The highest BCUT2D eigenvalue weighted by molar-refractivity contribution is 6.13. The van der Waals surface area contributed by atoms with Crippen molar-refractivity contribution in [3.63, 3.8) is 0 Å². The fourth-order valence-electron chi connectivity index (χ4n) is 4.00. The molecule has 2 atom stereocenters. The molecule has 1 amide bonds. The number of ether oxygens (including phenoxy) is 1. The van der Waals surface area contributed by atoms with Crippen LogP contribution in [0.5, 0.6) is 5.75 Å². The first-order valence-corrected chi connectivity index (χ1v) is 11.9. The van der Waals surface area contributed by atoms with Gasteiger partial charge in [-0.3, -0.25) is 15.2 Å². The Morgan fingerprint density at radius 3 is 2.54 bits per heavy atom. The molecule has 4 N–H and O–H groups in total. The molecule has 3 aromatic rings. The summed E-state index contributed by atoms with van der Waals surface area (Å²) < 4.78 is 5.26. The third kappa shape index (κ3) is 7.13. The van der Waals surface area contributed by atoms with E-state index in [1.807, 2.05) is 36.4 Å². The number of nitrogens with zero attached hydrogens (tertiary/aromatic N) is 1. The van der Waals surface area contributed by atoms with Gasteiger partial charge >= 0.3 is 0 Å². The van der Waals surface area contributed by atoms with Crippen LogP contribution in [0.15, 0.2) is 67.0 Å². The van der Waals surface area contributed by atoms with Crippen LogP contribution in [0, 0.1) is 5.41 Å². The summed E-state index contributed by atoms with van der Waals surface area (Å²) >= 11 is 0. The Kier molecular flexibility index (Phi) is 9.38. The van der Waals surface area contributed by atoms with Crippen molar-refractivity contribution in [1.82, 2.24) is 10.3 Å². The van der Waals surface area contributed by atoms with E-state index < -0.39 is 6.10 Å². The average molecular weight is 475 g/mol. The van der Waals surface area contributed by atoms with E-state index in [9.17, 15) is 9.90 Å². The van der Waals surface area contributed by atoms with Crippen molar-refractivity contribution in [2.45, 2.75) is 51.8 Å². The number of nitrogens with one attached hydrogen (secondary N) is 3. The van der Waals surface area contributed by atoms with Crippen LogP contribution >= 0.6 is 0 Å². The highest BCUT2D eigenvalue weighted by Crippen LogP contribution is 2.22. The van der Waals surface area contributed by atoms with Gasteiger partial charge in [0.25, 0.3) is 5.91 Å². The number of amides is 1. The number of aliphatic hydroxyl groups is 1. The van der Waals surface area contributed by atoms with Crippen LogP contribution in [0.3, 0.4) is 0 Å². The number of carbonyl (C=O) groups excluding carboxylic acids is 1. The Hall–Kier alpha value is -3.71. The van der Waals surface area contributed by atoms with E-state index in [4.69, 9.17) is 10.1 Å². The van der Waals surface area contributed by atoms with E-state index in [0.717, 1.165) is 29.7 Å². The Balaban J connectivity index is 1.69. The largest absolute Gasteiger partial charge is 0.496 e. The van der Waals surface area contributed by atoms with Gasteiger partial charge in [0.2, 0.25) is 0 Å². The van der Waals surface area contributed by atoms with Crippen LogP contribution < -0.4 is 15.4 Å². The number of rotatable bonds is 12. The fraction of sp³-hybridized carbons (Fsp3) is 0.321. The number of aliphatic hydroxyl groups excluding tert-OH is 1. The summed E-state index contributed by atoms with van der Waals surface area (Å²) in [5.74, 6) is 0.327. The molecule has 2 unspecified atom stereocenters. The average Bonchev–Trinajstić information content (AvgIpc) is 2.87. The second kappa shape index (κ2) is 12.7. The van der Waals surface area contributed by atoms with Crippen molar-refractivity contribution in [1.29, 1.82) is 5.41 Å². The van der Waals surface area contributed by atoms with E-state index in [1.54, 1.807) is 44.6 Å². The first-order chi connectivity index (χ1) is 16.9. The quantitative estimate of drug-likeness (QED) is 0.282. The molecule has 0 bridgehead atoms. The van der Waals surface area contributed by atoms with Crippen LogP contribution in [-0.2, 0) is 6.54 Å². The maximum Gasteiger partial charge on any atom is 0.255 e. The molecule has 0 fully saturated rings. The molecule has 0 radical (unpaired) electrons. The molecular weight excluding hydrogens is 440 g/mol. The van der Waals surface area contributed by atoms with Crippen molar-refractivity contribution >= 4 is 17.3 Å². The molecule has 2 aromatic carbocycles. The van der Waals surface area contributed by atoms with Gasteiger partial charge in [-0.2, -0.15) is 0 Å². The lowest BCUT2D eigenvalue weighted by atomic mass is 9.99. The van der Waals surface area contributed by atoms with Crippen LogP contribution in [0.2, 0.25) is 0 Å². The summed E-state index contributed by atoms with van der Waals surface area (Å²) in [6.45, 7) is 4.27. The molecule has 1 heterocycles. The molecular formula is C28H34N4O3. The van der Waals surface area contributed by atoms with Gasteiger partial charge in [0.1, 0.15) is 5.75 Å². The molecule has 0 saturated heterocycles. The summed E-state index contributed by atoms with van der Waals surface area (Å²) in [7, 11) is 1.54. The Morgan fingerprint density at radius 2 is 1.86 bits per heavy atom. The molecule has 184 valence electrons. The minimum Gasteiger partial charge on any atom is -0.496 e. The first kappa shape index (κ1) is 25.9. The zero-order valence-corrected chi connectivity index (χ0v) is 20.5. The molecule has 0 spiro atoms. The van der Waals surface area contributed by atoms with Crippen molar-refractivity contribution in [3.8, 4) is 5.75 Å². The molecule has 0 aliphatic rings. The first-order valence-electron chi connectivity index (χ1n) is 11.9. The fourth-order valence-corrected chi connectivity index (χ4v) is 4.00. The third-order valence-corrected chi connectivity index (χ3v) is 5.76. The van der Waals surface area contributed by atoms with Crippen LogP contribution in [-0.4, -0.2) is 41.0 Å². The van der Waals surface area contributed by atoms with Crippen molar-refractivity contribution in [3.05, 3.63) is 89.2 Å². The second-order valence-electron chi connectivity index (χ2n) is 8.59. The topological polar surface area (TPSA) is 107 Å². The van der Waals surface area contributed by atoms with Gasteiger partial charge < -0.3 is 20.5 Å². The summed E-state index contributed by atoms with van der Waals surface area (Å²) in [5, 5.41) is 25.1. The highest BCUT2D eigenvalue weighted by Gasteiger charge is 2.16. The number of methoxy groups -OCH3 is 1. The van der Waals surface area contributed by atoms with Crippen LogP contribution in [0.25, 0.3) is 0 Å². The van der Waals surface area contributed by atoms with Gasteiger partial charge in [0, 0.05) is 41.8 Å². The van der Waals surface area contributed by atoms with E-state index in [2.05, 4.69) is 22.5 Å². The molecule has 3 rings (SSSR count). The zero-order valence-electron chi connectivity index (χ0n) is 20.5. The summed E-state index contributed by atoms with van der Waals surface area (Å²) in [6, 6.07) is 16.7. The normalized spacial score (nSPS) is 12.5. The van der Waals surface area contributed by atoms with Crippen molar-refractivity contribution in [2.24, 2.45) is 0 Å². The second-order valence-corrected chi connectivity index (χ2v) is 8.59. The van der Waals surface area contributed by atoms with Gasteiger partial charge in [0.15, 0.2) is 0 Å². The lowest BCUT2D eigenvalue weighted by Crippen LogP contribution is -2.25. The van der Waals surface area contributed by atoms with Gasteiger partial charge in [-0.25, -0.2) is 0 Å². The Morgan fingerprint density at radius 1 is 1.11 bits per heavy atom. The SMILES string of the molecule is CCCC(CC(C)O)Nc1ccncc1C(=N)c1ccc(CNC(=O)c2ccccc2OC)cc1. The predicted molar refractivity (Wildman–Crippen MR) is 139 cm³/mol. The van der Waals surface area contributed by atoms with Crippen LogP contribution in [0.1, 0.15) is 60.2 Å². The van der Waals surface area contributed by atoms with E-state index >= 15 is 0 Å². The Bertz CT molecular complexity index is 1130. The minimum atomic E-state index is -0.403. The van der Waals surface area contributed by atoms with Crippen molar-refractivity contribution in [2.75, 3.05) is 12.4 Å². The minimum absolute atomic E-state index is 0.114. The maximum atomic E-state index is 12.5. The third-order valence-electron chi connectivity index (χ3n) is 5.76. The molecule has 7 nitrogen and oxygen atoms in total. The lowest BCUT2D eigenvalue weighted by Gasteiger charge is -2.22. The Labute approximate surface area is 207 Å². The number of hydrogen-bond acceptors (Lipinski definition) is 6. The molecule has 35 heavy (non-hydrogen) atoms.